The number of nitrogens with two attached hydrogens (primary N) is 1. The molecule has 0 bridgehead atoms. The summed E-state index contributed by atoms with van der Waals surface area (Å²) < 4.78 is 28.5. The number of hydrogen-bond donors (Lipinski definition) is 2. The van der Waals surface area contributed by atoms with Gasteiger partial charge in [0.05, 0.1) is 27.9 Å². The van der Waals surface area contributed by atoms with Crippen LogP contribution in [0.3, 0.4) is 0 Å². The quantitative estimate of drug-likeness (QED) is 0.382. The average molecular weight is 585 g/mol. The van der Waals surface area contributed by atoms with Gasteiger partial charge in [-0.25, -0.2) is 8.42 Å². The number of benzene rings is 3. The van der Waals surface area contributed by atoms with E-state index in [1.807, 2.05) is 0 Å². The van der Waals surface area contributed by atoms with Gasteiger partial charge in [0.15, 0.2) is 0 Å². The highest BCUT2D eigenvalue weighted by Crippen LogP contribution is 2.26. The fourth-order valence-corrected chi connectivity index (χ4v) is 5.06. The molecule has 0 saturated heterocycles. The second-order valence-corrected chi connectivity index (χ2v) is 11.0. The van der Waals surface area contributed by atoms with Gasteiger partial charge in [0.25, 0.3) is 0 Å². The molecule has 0 saturated carbocycles. The van der Waals surface area contributed by atoms with Gasteiger partial charge < -0.3 is 11.1 Å². The zero-order valence-corrected chi connectivity index (χ0v) is 21.6. The Kier molecular flexibility index (Phi) is 8.72. The number of hydrogen-bond acceptors (Lipinski definition) is 4. The van der Waals surface area contributed by atoms with Crippen LogP contribution in [0.25, 0.3) is 0 Å². The summed E-state index contributed by atoms with van der Waals surface area (Å²) in [7, 11) is -4.02. The van der Waals surface area contributed by atoms with Gasteiger partial charge in [0, 0.05) is 16.7 Å². The van der Waals surface area contributed by atoms with Crippen molar-refractivity contribution < 1.29 is 18.0 Å². The summed E-state index contributed by atoms with van der Waals surface area (Å²) in [6, 6.07) is 17.4. The van der Waals surface area contributed by atoms with E-state index in [4.69, 9.17) is 28.9 Å². The number of primary amides is 1. The van der Waals surface area contributed by atoms with Crippen molar-refractivity contribution in [2.24, 2.45) is 5.73 Å². The van der Waals surface area contributed by atoms with E-state index in [1.165, 1.54) is 12.1 Å². The van der Waals surface area contributed by atoms with Crippen LogP contribution in [0.4, 0.5) is 5.69 Å². The lowest BCUT2D eigenvalue weighted by molar-refractivity contribution is -0.117. The Morgan fingerprint density at radius 2 is 1.53 bits per heavy atom. The van der Waals surface area contributed by atoms with Crippen molar-refractivity contribution in [3.63, 3.8) is 0 Å². The Bertz CT molecular complexity index is 1300. The Balaban J connectivity index is 1.83. The lowest BCUT2D eigenvalue weighted by atomic mass is 10.1. The van der Waals surface area contributed by atoms with Crippen molar-refractivity contribution in [1.29, 1.82) is 0 Å². The summed E-state index contributed by atoms with van der Waals surface area (Å²) >= 11 is 15.4. The van der Waals surface area contributed by atoms with E-state index >= 15 is 0 Å². The number of carbonyl (C=O) groups excluding carboxylic acids is 2. The largest absolute Gasteiger partial charge is 0.369 e. The number of nitrogens with one attached hydrogen (secondary N) is 1. The highest BCUT2D eigenvalue weighted by atomic mass is 79.9. The molecule has 0 spiro atoms. The fourth-order valence-electron chi connectivity index (χ4n) is 3.09. The van der Waals surface area contributed by atoms with Crippen molar-refractivity contribution in [3.05, 3.63) is 92.4 Å². The summed E-state index contributed by atoms with van der Waals surface area (Å²) in [4.78, 5) is 23.9. The van der Waals surface area contributed by atoms with Crippen molar-refractivity contribution in [3.8, 4) is 0 Å². The Labute approximate surface area is 216 Å². The Morgan fingerprint density at radius 1 is 0.912 bits per heavy atom. The van der Waals surface area contributed by atoms with Crippen LogP contribution in [0.2, 0.25) is 10.0 Å². The van der Waals surface area contributed by atoms with Crippen LogP contribution in [0.15, 0.2) is 76.1 Å². The fraction of sp³-hybridized carbons (Fsp3) is 0.130. The molecule has 3 N–H and O–H groups in total. The van der Waals surface area contributed by atoms with Crippen LogP contribution in [0.1, 0.15) is 11.1 Å². The monoisotopic (exact) mass is 583 g/mol. The number of amides is 2. The lowest BCUT2D eigenvalue weighted by Gasteiger charge is -2.22. The minimum Gasteiger partial charge on any atom is -0.369 e. The standard InChI is InChI=1S/C23H20BrCl2N3O4S/c24-17-4-8-19(9-5-17)34(32,33)29(13-16-3-10-20(25)21(26)11-16)14-23(31)28-18-6-1-15(2-7-18)12-22(27)30/h1-11H,12-14H2,(H2,27,30)(H,28,31). The smallest absolute Gasteiger partial charge is 0.243 e. The van der Waals surface area contributed by atoms with Crippen LogP contribution < -0.4 is 11.1 Å². The molecule has 3 aromatic rings. The summed E-state index contributed by atoms with van der Waals surface area (Å²) in [6.45, 7) is -0.540. The maximum absolute atomic E-state index is 13.4. The number of sulfonamides is 1. The van der Waals surface area contributed by atoms with Crippen molar-refractivity contribution in [1.82, 2.24) is 4.31 Å². The summed E-state index contributed by atoms with van der Waals surface area (Å²) in [5, 5.41) is 3.29. The summed E-state index contributed by atoms with van der Waals surface area (Å²) in [5.41, 5.74) is 6.91. The first kappa shape index (κ1) is 26.2. The third kappa shape index (κ3) is 7.04. The van der Waals surface area contributed by atoms with Gasteiger partial charge in [-0.1, -0.05) is 57.3 Å². The molecule has 3 rings (SSSR count). The molecule has 0 aliphatic heterocycles. The average Bonchev–Trinajstić information content (AvgIpc) is 2.77. The van der Waals surface area contributed by atoms with E-state index in [0.717, 1.165) is 8.78 Å². The first-order valence-corrected chi connectivity index (χ1v) is 12.9. The van der Waals surface area contributed by atoms with E-state index in [2.05, 4.69) is 21.2 Å². The van der Waals surface area contributed by atoms with Crippen molar-refractivity contribution in [2.75, 3.05) is 11.9 Å². The molecule has 3 aromatic carbocycles. The first-order valence-electron chi connectivity index (χ1n) is 9.91. The maximum Gasteiger partial charge on any atom is 0.243 e. The van der Waals surface area contributed by atoms with Crippen molar-refractivity contribution in [2.45, 2.75) is 17.9 Å². The third-order valence-electron chi connectivity index (χ3n) is 4.73. The maximum atomic E-state index is 13.4. The topological polar surface area (TPSA) is 110 Å². The third-order valence-corrected chi connectivity index (χ3v) is 7.80. The van der Waals surface area contributed by atoms with E-state index in [0.29, 0.717) is 21.8 Å². The van der Waals surface area contributed by atoms with Gasteiger partial charge in [0.2, 0.25) is 21.8 Å². The molecule has 0 aromatic heterocycles. The molecule has 0 aliphatic rings. The van der Waals surface area contributed by atoms with Crippen LogP contribution in [-0.4, -0.2) is 31.1 Å². The van der Waals surface area contributed by atoms with Crippen LogP contribution in [-0.2, 0) is 32.6 Å². The van der Waals surface area contributed by atoms with E-state index in [9.17, 15) is 18.0 Å². The van der Waals surface area contributed by atoms with Gasteiger partial charge in [-0.2, -0.15) is 4.31 Å². The van der Waals surface area contributed by atoms with Crippen LogP contribution >= 0.6 is 39.1 Å². The molecule has 0 aliphatic carbocycles. The molecular weight excluding hydrogens is 565 g/mol. The molecule has 0 atom stereocenters. The minimum absolute atomic E-state index is 0.0411. The second kappa shape index (κ2) is 11.3. The van der Waals surface area contributed by atoms with Gasteiger partial charge >= 0.3 is 0 Å². The number of halogens is 3. The van der Waals surface area contributed by atoms with Crippen LogP contribution in [0, 0.1) is 0 Å². The van der Waals surface area contributed by atoms with E-state index in [1.54, 1.807) is 54.6 Å². The number of carbonyl (C=O) groups is 2. The number of anilines is 1. The molecule has 0 heterocycles. The molecule has 0 unspecified atom stereocenters. The zero-order valence-electron chi connectivity index (χ0n) is 17.7. The molecule has 2 amide bonds. The molecule has 11 heteroatoms. The van der Waals surface area contributed by atoms with Gasteiger partial charge in [0.1, 0.15) is 0 Å². The summed E-state index contributed by atoms with van der Waals surface area (Å²) in [6.07, 6.45) is 0.0804. The predicted octanol–water partition coefficient (Wildman–Crippen LogP) is 4.61. The normalized spacial score (nSPS) is 11.4. The number of nitrogens with zero attached hydrogens (tertiary/aromatic N) is 1. The highest BCUT2D eigenvalue weighted by Gasteiger charge is 2.27. The number of rotatable bonds is 9. The van der Waals surface area contributed by atoms with E-state index < -0.39 is 28.4 Å². The molecule has 0 radical (unpaired) electrons. The lowest BCUT2D eigenvalue weighted by Crippen LogP contribution is -2.37. The zero-order chi connectivity index (χ0) is 24.9. The molecule has 0 fully saturated rings. The Morgan fingerprint density at radius 3 is 2.12 bits per heavy atom. The second-order valence-electron chi connectivity index (χ2n) is 7.36. The van der Waals surface area contributed by atoms with Gasteiger partial charge in [-0.05, 0) is 59.7 Å². The van der Waals surface area contributed by atoms with E-state index in [-0.39, 0.29) is 22.9 Å². The molecule has 7 nitrogen and oxygen atoms in total. The predicted molar refractivity (Wildman–Crippen MR) is 136 cm³/mol. The summed E-state index contributed by atoms with van der Waals surface area (Å²) in [5.74, 6) is -1.00. The van der Waals surface area contributed by atoms with Crippen molar-refractivity contribution >= 4 is 66.7 Å². The van der Waals surface area contributed by atoms with Crippen LogP contribution in [0.5, 0.6) is 0 Å². The Hall–Kier alpha value is -2.43. The molecule has 34 heavy (non-hydrogen) atoms. The first-order chi connectivity index (χ1) is 16.0. The van der Waals surface area contributed by atoms with Gasteiger partial charge in [-0.15, -0.1) is 0 Å². The molecular formula is C23H20BrCl2N3O4S. The van der Waals surface area contributed by atoms with Gasteiger partial charge in [-0.3, -0.25) is 9.59 Å². The minimum atomic E-state index is -4.02. The highest BCUT2D eigenvalue weighted by molar-refractivity contribution is 9.10. The SMILES string of the molecule is NC(=O)Cc1ccc(NC(=O)CN(Cc2ccc(Cl)c(Cl)c2)S(=O)(=O)c2ccc(Br)cc2)cc1. The molecule has 178 valence electrons.